The maximum atomic E-state index is 13.1. The standard InChI is InChI=1S/C19H19FN2O5S/c1-11-14-9-16(26-3)17(27-4)10-15(14)22(2)28(24,25)18(11)19(23)21-13-7-5-12(20)6-8-13/h5-10H,1-4H3,(H,21,23). The SMILES string of the molecule is COc1cc2c(cc1OC)N(C)S(=O)(=O)C(C(=O)Nc1ccc(F)cc1)=C2C. The highest BCUT2D eigenvalue weighted by molar-refractivity contribution is 7.97. The molecule has 0 spiro atoms. The number of anilines is 2. The zero-order valence-electron chi connectivity index (χ0n) is 15.7. The molecule has 0 saturated heterocycles. The van der Waals surface area contributed by atoms with Gasteiger partial charge in [-0.1, -0.05) is 0 Å². The number of nitrogens with zero attached hydrogens (tertiary/aromatic N) is 1. The monoisotopic (exact) mass is 406 g/mol. The Hall–Kier alpha value is -3.07. The van der Waals surface area contributed by atoms with Crippen LogP contribution in [0.3, 0.4) is 0 Å². The topological polar surface area (TPSA) is 84.9 Å². The Morgan fingerprint density at radius 2 is 1.64 bits per heavy atom. The molecule has 0 aliphatic carbocycles. The minimum Gasteiger partial charge on any atom is -0.493 e. The Bertz CT molecular complexity index is 1080. The van der Waals surface area contributed by atoms with Crippen molar-refractivity contribution in [3.63, 3.8) is 0 Å². The van der Waals surface area contributed by atoms with E-state index < -0.39 is 21.7 Å². The maximum absolute atomic E-state index is 13.1. The molecule has 0 aromatic heterocycles. The van der Waals surface area contributed by atoms with Crippen LogP contribution in [-0.4, -0.2) is 35.6 Å². The van der Waals surface area contributed by atoms with Gasteiger partial charge in [0.25, 0.3) is 15.9 Å². The number of carbonyl (C=O) groups excluding carboxylic acids is 1. The summed E-state index contributed by atoms with van der Waals surface area (Å²) in [6.07, 6.45) is 0. The molecule has 1 N–H and O–H groups in total. The summed E-state index contributed by atoms with van der Waals surface area (Å²) >= 11 is 0. The molecule has 2 aromatic carbocycles. The number of sulfonamides is 1. The third-order valence-electron chi connectivity index (χ3n) is 4.51. The van der Waals surface area contributed by atoms with Crippen LogP contribution in [0, 0.1) is 5.82 Å². The lowest BCUT2D eigenvalue weighted by Gasteiger charge is -2.30. The predicted octanol–water partition coefficient (Wildman–Crippen LogP) is 2.99. The van der Waals surface area contributed by atoms with Crippen molar-refractivity contribution in [2.75, 3.05) is 30.9 Å². The number of hydrogen-bond acceptors (Lipinski definition) is 5. The van der Waals surface area contributed by atoms with Gasteiger partial charge in [0, 0.05) is 24.4 Å². The molecular weight excluding hydrogens is 387 g/mol. The van der Waals surface area contributed by atoms with E-state index in [4.69, 9.17) is 9.47 Å². The second-order valence-electron chi connectivity index (χ2n) is 6.11. The average Bonchev–Trinajstić information content (AvgIpc) is 2.67. The van der Waals surface area contributed by atoms with Gasteiger partial charge in [-0.3, -0.25) is 9.10 Å². The number of hydrogen-bond donors (Lipinski definition) is 1. The van der Waals surface area contributed by atoms with E-state index in [1.807, 2.05) is 0 Å². The van der Waals surface area contributed by atoms with Gasteiger partial charge in [-0.05, 0) is 42.8 Å². The fraction of sp³-hybridized carbons (Fsp3) is 0.211. The molecule has 1 amide bonds. The van der Waals surface area contributed by atoms with E-state index in [-0.39, 0.29) is 16.2 Å². The van der Waals surface area contributed by atoms with E-state index in [1.165, 1.54) is 45.5 Å². The number of rotatable bonds is 4. The van der Waals surface area contributed by atoms with Crippen LogP contribution in [0.15, 0.2) is 41.3 Å². The van der Waals surface area contributed by atoms with Gasteiger partial charge in [-0.15, -0.1) is 0 Å². The maximum Gasteiger partial charge on any atom is 0.269 e. The molecule has 0 radical (unpaired) electrons. The molecule has 0 saturated carbocycles. The minimum absolute atomic E-state index is 0.272. The summed E-state index contributed by atoms with van der Waals surface area (Å²) < 4.78 is 50.6. The summed E-state index contributed by atoms with van der Waals surface area (Å²) in [7, 11) is 0.170. The number of benzene rings is 2. The first kappa shape index (κ1) is 19.7. The van der Waals surface area contributed by atoms with Crippen LogP contribution >= 0.6 is 0 Å². The molecule has 148 valence electrons. The first-order valence-corrected chi connectivity index (χ1v) is 9.67. The number of amides is 1. The van der Waals surface area contributed by atoms with Gasteiger partial charge in [0.15, 0.2) is 16.4 Å². The first-order chi connectivity index (χ1) is 13.2. The fourth-order valence-corrected chi connectivity index (χ4v) is 4.49. The minimum atomic E-state index is -4.11. The Morgan fingerprint density at radius 3 is 2.21 bits per heavy atom. The van der Waals surface area contributed by atoms with Crippen LogP contribution in [0.4, 0.5) is 15.8 Å². The van der Waals surface area contributed by atoms with Crippen LogP contribution in [-0.2, 0) is 14.8 Å². The van der Waals surface area contributed by atoms with Gasteiger partial charge in [-0.2, -0.15) is 0 Å². The smallest absolute Gasteiger partial charge is 0.269 e. The van der Waals surface area contributed by atoms with Crippen LogP contribution in [0.2, 0.25) is 0 Å². The van der Waals surface area contributed by atoms with Gasteiger partial charge < -0.3 is 14.8 Å². The van der Waals surface area contributed by atoms with Crippen molar-refractivity contribution < 1.29 is 27.1 Å². The van der Waals surface area contributed by atoms with E-state index in [2.05, 4.69) is 5.32 Å². The van der Waals surface area contributed by atoms with Crippen molar-refractivity contribution in [1.29, 1.82) is 0 Å². The summed E-state index contributed by atoms with van der Waals surface area (Å²) in [6, 6.07) is 8.22. The van der Waals surface area contributed by atoms with Gasteiger partial charge in [0.2, 0.25) is 0 Å². The molecule has 1 heterocycles. The number of allylic oxidation sites excluding steroid dienone is 1. The highest BCUT2D eigenvalue weighted by Crippen LogP contribution is 2.44. The van der Waals surface area contributed by atoms with Gasteiger partial charge in [-0.25, -0.2) is 12.8 Å². The summed E-state index contributed by atoms with van der Waals surface area (Å²) in [5, 5.41) is 2.50. The van der Waals surface area contributed by atoms with Crippen LogP contribution in [0.1, 0.15) is 12.5 Å². The quantitative estimate of drug-likeness (QED) is 0.844. The molecule has 1 aliphatic rings. The Balaban J connectivity index is 2.14. The van der Waals surface area contributed by atoms with Crippen molar-refractivity contribution >= 4 is 32.9 Å². The summed E-state index contributed by atoms with van der Waals surface area (Å²) in [5.41, 5.74) is 1.45. The van der Waals surface area contributed by atoms with Crippen molar-refractivity contribution in [3.8, 4) is 11.5 Å². The molecule has 1 aliphatic heterocycles. The summed E-state index contributed by atoms with van der Waals surface area (Å²) in [6.45, 7) is 1.55. The number of ether oxygens (including phenoxy) is 2. The second kappa shape index (κ2) is 7.16. The molecule has 2 aromatic rings. The van der Waals surface area contributed by atoms with Crippen LogP contribution < -0.4 is 19.1 Å². The lowest BCUT2D eigenvalue weighted by Crippen LogP contribution is -2.36. The molecule has 28 heavy (non-hydrogen) atoms. The van der Waals surface area contributed by atoms with Gasteiger partial charge in [0.05, 0.1) is 19.9 Å². The molecule has 0 atom stereocenters. The summed E-state index contributed by atoms with van der Waals surface area (Å²) in [5.74, 6) is -0.494. The van der Waals surface area contributed by atoms with Gasteiger partial charge >= 0.3 is 0 Å². The Morgan fingerprint density at radius 1 is 1.07 bits per heavy atom. The zero-order chi connectivity index (χ0) is 20.6. The molecule has 9 heteroatoms. The Labute approximate surface area is 162 Å². The molecule has 0 bridgehead atoms. The third kappa shape index (κ3) is 3.18. The normalized spacial score (nSPS) is 15.1. The molecule has 0 fully saturated rings. The third-order valence-corrected chi connectivity index (χ3v) is 6.44. The molecule has 7 nitrogen and oxygen atoms in total. The fourth-order valence-electron chi connectivity index (χ4n) is 3.02. The number of carbonyl (C=O) groups is 1. The summed E-state index contributed by atoms with van der Waals surface area (Å²) in [4.78, 5) is 12.4. The highest BCUT2D eigenvalue weighted by atomic mass is 32.2. The van der Waals surface area contributed by atoms with Gasteiger partial charge in [0.1, 0.15) is 5.82 Å². The lowest BCUT2D eigenvalue weighted by atomic mass is 10.0. The Kier molecular flexibility index (Phi) is 5.03. The van der Waals surface area contributed by atoms with Crippen molar-refractivity contribution in [1.82, 2.24) is 0 Å². The zero-order valence-corrected chi connectivity index (χ0v) is 16.6. The van der Waals surface area contributed by atoms with Crippen molar-refractivity contribution in [3.05, 3.63) is 52.7 Å². The van der Waals surface area contributed by atoms with E-state index in [0.29, 0.717) is 22.7 Å². The van der Waals surface area contributed by atoms with Crippen molar-refractivity contribution in [2.45, 2.75) is 6.92 Å². The van der Waals surface area contributed by atoms with E-state index in [9.17, 15) is 17.6 Å². The predicted molar refractivity (Wildman–Crippen MR) is 104 cm³/mol. The number of nitrogens with one attached hydrogen (secondary N) is 1. The first-order valence-electron chi connectivity index (χ1n) is 8.23. The second-order valence-corrected chi connectivity index (χ2v) is 8.02. The highest BCUT2D eigenvalue weighted by Gasteiger charge is 2.38. The largest absolute Gasteiger partial charge is 0.493 e. The molecule has 0 unspecified atom stereocenters. The van der Waals surface area contributed by atoms with E-state index in [0.717, 1.165) is 4.31 Å². The van der Waals surface area contributed by atoms with Crippen LogP contribution in [0.5, 0.6) is 11.5 Å². The van der Waals surface area contributed by atoms with Crippen LogP contribution in [0.25, 0.3) is 5.57 Å². The van der Waals surface area contributed by atoms with Crippen molar-refractivity contribution in [2.24, 2.45) is 0 Å². The molecular formula is C19H19FN2O5S. The average molecular weight is 406 g/mol. The lowest BCUT2D eigenvalue weighted by molar-refractivity contribution is -0.112. The van der Waals surface area contributed by atoms with E-state index in [1.54, 1.807) is 19.1 Å². The van der Waals surface area contributed by atoms with E-state index >= 15 is 0 Å². The number of fused-ring (bicyclic) bond motifs is 1. The molecule has 3 rings (SSSR count). The number of methoxy groups -OCH3 is 2. The number of halogens is 1.